The van der Waals surface area contributed by atoms with Gasteiger partial charge < -0.3 is 14.7 Å². The quantitative estimate of drug-likeness (QED) is 0.274. The van der Waals surface area contributed by atoms with Crippen LogP contribution >= 0.6 is 0 Å². The number of halogens is 2. The zero-order chi connectivity index (χ0) is 30.2. The van der Waals surface area contributed by atoms with Crippen molar-refractivity contribution in [3.63, 3.8) is 0 Å². The van der Waals surface area contributed by atoms with Crippen molar-refractivity contribution in [1.82, 2.24) is 30.0 Å². The molecule has 4 aromatic rings. The molecule has 0 amide bonds. The molecular formula is C33H39F2N7O2. The molecule has 3 aromatic heterocycles. The highest BCUT2D eigenvalue weighted by molar-refractivity contribution is 5.99. The number of anilines is 1. The van der Waals surface area contributed by atoms with Gasteiger partial charge >= 0.3 is 6.01 Å². The lowest BCUT2D eigenvalue weighted by molar-refractivity contribution is 0.0447. The number of aliphatic hydroxyl groups is 1. The van der Waals surface area contributed by atoms with Crippen molar-refractivity contribution in [1.29, 1.82) is 0 Å². The number of β-amino-alcohol motifs (C(OH)–C–C–N with tert-alkyl or cyclic N) is 1. The first kappa shape index (κ1) is 28.1. The van der Waals surface area contributed by atoms with Gasteiger partial charge in [-0.3, -0.25) is 15.0 Å². The van der Waals surface area contributed by atoms with Gasteiger partial charge in [-0.25, -0.2) is 8.78 Å². The third-order valence-corrected chi connectivity index (χ3v) is 10.1. The highest BCUT2D eigenvalue weighted by Gasteiger charge is 2.46. The summed E-state index contributed by atoms with van der Waals surface area (Å²) in [5, 5.41) is 19.6. The number of benzene rings is 1. The van der Waals surface area contributed by atoms with E-state index in [2.05, 4.69) is 33.1 Å². The van der Waals surface area contributed by atoms with Crippen molar-refractivity contribution in [2.45, 2.75) is 76.5 Å². The lowest BCUT2D eigenvalue weighted by atomic mass is 9.92. The largest absolute Gasteiger partial charge is 0.463 e. The number of pyridine rings is 1. The first-order valence-electron chi connectivity index (χ1n) is 16.0. The maximum absolute atomic E-state index is 16.9. The number of alkyl halides is 1. The lowest BCUT2D eigenvalue weighted by Crippen LogP contribution is -2.46. The molecule has 2 saturated heterocycles. The Bertz CT molecular complexity index is 1750. The molecule has 5 heterocycles. The molecule has 0 spiro atoms. The summed E-state index contributed by atoms with van der Waals surface area (Å²) in [5.74, 6) is 0.379. The lowest BCUT2D eigenvalue weighted by Gasteiger charge is -2.37. The number of fused-ring (bicyclic) bond motifs is 2. The number of H-pyrrole nitrogens is 1. The average Bonchev–Trinajstić information content (AvgIpc) is 3.89. The monoisotopic (exact) mass is 603 g/mol. The Morgan fingerprint density at radius 1 is 1.11 bits per heavy atom. The van der Waals surface area contributed by atoms with E-state index in [1.807, 2.05) is 11.8 Å². The molecule has 1 aromatic carbocycles. The summed E-state index contributed by atoms with van der Waals surface area (Å²) in [7, 11) is 0. The minimum absolute atomic E-state index is 0.0626. The summed E-state index contributed by atoms with van der Waals surface area (Å²) < 4.78 is 37.0. The molecule has 11 heteroatoms. The number of ether oxygens (including phenoxy) is 1. The van der Waals surface area contributed by atoms with Crippen molar-refractivity contribution in [3.05, 3.63) is 35.4 Å². The van der Waals surface area contributed by atoms with Gasteiger partial charge in [0.05, 0.1) is 29.3 Å². The SMILES string of the molecule is Cc1cc2[nH]ncc2c(-c2ncc3c(N4CCC[C@@](C)(O)C4)nc(OCC4(CN5CC[C@@H](F)C5)CC4)nc3c2F)c1C1CC1. The van der Waals surface area contributed by atoms with Crippen LogP contribution in [-0.4, -0.2) is 86.3 Å². The van der Waals surface area contributed by atoms with Gasteiger partial charge in [0.1, 0.15) is 23.2 Å². The van der Waals surface area contributed by atoms with Gasteiger partial charge in [-0.1, -0.05) is 0 Å². The number of hydrogen-bond donors (Lipinski definition) is 2. The number of hydrogen-bond acceptors (Lipinski definition) is 8. The third-order valence-electron chi connectivity index (χ3n) is 10.1. The second-order valence-electron chi connectivity index (χ2n) is 14.0. The predicted molar refractivity (Wildman–Crippen MR) is 164 cm³/mol. The topological polar surface area (TPSA) is 103 Å². The first-order chi connectivity index (χ1) is 21.2. The molecular weight excluding hydrogens is 564 g/mol. The van der Waals surface area contributed by atoms with E-state index in [-0.39, 0.29) is 22.6 Å². The number of aryl methyl sites for hydroxylation is 1. The Morgan fingerprint density at radius 2 is 1.95 bits per heavy atom. The molecule has 2 saturated carbocycles. The molecule has 0 radical (unpaired) electrons. The molecule has 9 nitrogen and oxygen atoms in total. The fraction of sp³-hybridized carbons (Fsp3) is 0.576. The van der Waals surface area contributed by atoms with Gasteiger partial charge in [-0.2, -0.15) is 15.1 Å². The van der Waals surface area contributed by atoms with Crippen LogP contribution in [0.25, 0.3) is 33.1 Å². The molecule has 2 aliphatic carbocycles. The Hall–Kier alpha value is -3.44. The molecule has 232 valence electrons. The molecule has 2 N–H and O–H groups in total. The fourth-order valence-electron chi connectivity index (χ4n) is 7.44. The second-order valence-corrected chi connectivity index (χ2v) is 14.0. The van der Waals surface area contributed by atoms with Gasteiger partial charge in [-0.05, 0) is 81.9 Å². The molecule has 4 fully saturated rings. The van der Waals surface area contributed by atoms with Crippen molar-refractivity contribution in [2.24, 2.45) is 5.41 Å². The Morgan fingerprint density at radius 3 is 2.68 bits per heavy atom. The van der Waals surface area contributed by atoms with Crippen LogP contribution < -0.4 is 9.64 Å². The van der Waals surface area contributed by atoms with Crippen LogP contribution in [0, 0.1) is 18.2 Å². The van der Waals surface area contributed by atoms with E-state index >= 15 is 4.39 Å². The Balaban J connectivity index is 1.22. The van der Waals surface area contributed by atoms with Crippen LogP contribution in [0.3, 0.4) is 0 Å². The summed E-state index contributed by atoms with van der Waals surface area (Å²) in [5.41, 5.74) is 3.29. The van der Waals surface area contributed by atoms with Crippen LogP contribution in [0.5, 0.6) is 6.01 Å². The van der Waals surface area contributed by atoms with E-state index in [0.29, 0.717) is 56.2 Å². The van der Waals surface area contributed by atoms with Crippen LogP contribution in [0.4, 0.5) is 14.6 Å². The van der Waals surface area contributed by atoms with E-state index in [9.17, 15) is 9.50 Å². The Labute approximate surface area is 255 Å². The van der Waals surface area contributed by atoms with Crippen LogP contribution in [0.15, 0.2) is 18.5 Å². The van der Waals surface area contributed by atoms with E-state index < -0.39 is 17.6 Å². The molecule has 2 aliphatic heterocycles. The number of likely N-dealkylation sites (tertiary alicyclic amines) is 1. The normalized spacial score (nSPS) is 25.3. The summed E-state index contributed by atoms with van der Waals surface area (Å²) in [4.78, 5) is 18.4. The van der Waals surface area contributed by atoms with Crippen molar-refractivity contribution < 1.29 is 18.6 Å². The minimum Gasteiger partial charge on any atom is -0.463 e. The molecule has 0 bridgehead atoms. The summed E-state index contributed by atoms with van der Waals surface area (Å²) in [6, 6.07) is 2.20. The number of nitrogens with one attached hydrogen (secondary N) is 1. The first-order valence-corrected chi connectivity index (χ1v) is 16.0. The maximum Gasteiger partial charge on any atom is 0.319 e. The predicted octanol–water partition coefficient (Wildman–Crippen LogP) is 5.45. The van der Waals surface area contributed by atoms with Gasteiger partial charge in [0.2, 0.25) is 0 Å². The van der Waals surface area contributed by atoms with Crippen molar-refractivity contribution in [2.75, 3.05) is 44.2 Å². The van der Waals surface area contributed by atoms with Crippen LogP contribution in [-0.2, 0) is 0 Å². The van der Waals surface area contributed by atoms with E-state index in [0.717, 1.165) is 72.8 Å². The summed E-state index contributed by atoms with van der Waals surface area (Å²) >= 11 is 0. The Kier molecular flexibility index (Phi) is 6.57. The number of piperidine rings is 1. The number of aromatic nitrogens is 5. The molecule has 8 rings (SSSR count). The van der Waals surface area contributed by atoms with E-state index in [1.165, 1.54) is 0 Å². The minimum atomic E-state index is -0.891. The van der Waals surface area contributed by atoms with Crippen LogP contribution in [0.1, 0.15) is 68.9 Å². The third kappa shape index (κ3) is 5.07. The zero-order valence-corrected chi connectivity index (χ0v) is 25.4. The highest BCUT2D eigenvalue weighted by Crippen LogP contribution is 2.49. The van der Waals surface area contributed by atoms with Crippen LogP contribution in [0.2, 0.25) is 0 Å². The summed E-state index contributed by atoms with van der Waals surface area (Å²) in [6.45, 7) is 7.33. The van der Waals surface area contributed by atoms with Gasteiger partial charge in [-0.15, -0.1) is 0 Å². The number of rotatable bonds is 8. The molecule has 0 unspecified atom stereocenters. The van der Waals surface area contributed by atoms with Gasteiger partial charge in [0.25, 0.3) is 0 Å². The van der Waals surface area contributed by atoms with Gasteiger partial charge in [0, 0.05) is 55.3 Å². The van der Waals surface area contributed by atoms with E-state index in [1.54, 1.807) is 12.4 Å². The number of nitrogens with zero attached hydrogens (tertiary/aromatic N) is 6. The van der Waals surface area contributed by atoms with E-state index in [4.69, 9.17) is 14.7 Å². The average molecular weight is 604 g/mol. The maximum atomic E-state index is 16.9. The molecule has 4 aliphatic rings. The standard InChI is InChI=1S/C33H39F2N7O2/c1-19-12-24-22(14-37-40-24)26(25(19)20-4-5-20)29-27(35)28-23(13-36-29)30(42-10-3-7-32(2,43)16-42)39-31(38-28)44-18-33(8-9-33)17-41-11-6-21(34)15-41/h12-14,20-21,43H,3-11,15-18H2,1-2H3,(H,37,40)/t21-,32-/m1/s1. The number of aromatic amines is 1. The van der Waals surface area contributed by atoms with Crippen molar-refractivity contribution in [3.8, 4) is 17.3 Å². The zero-order valence-electron chi connectivity index (χ0n) is 25.4. The van der Waals surface area contributed by atoms with Gasteiger partial charge in [0.15, 0.2) is 5.82 Å². The smallest absolute Gasteiger partial charge is 0.319 e. The summed E-state index contributed by atoms with van der Waals surface area (Å²) in [6.07, 6.45) is 8.83. The fourth-order valence-corrected chi connectivity index (χ4v) is 7.44. The second kappa shape index (κ2) is 10.3. The molecule has 2 atom stereocenters. The highest BCUT2D eigenvalue weighted by atomic mass is 19.1. The molecule has 44 heavy (non-hydrogen) atoms. The van der Waals surface area contributed by atoms with Crippen molar-refractivity contribution >= 4 is 27.6 Å².